The number of nitrogens with zero attached hydrogens (tertiary/aromatic N) is 5. The molecule has 62 heavy (non-hydrogen) atoms. The van der Waals surface area contributed by atoms with Gasteiger partial charge in [0, 0.05) is 102 Å². The molecule has 0 aliphatic heterocycles. The molecule has 0 saturated heterocycles. The van der Waals surface area contributed by atoms with Gasteiger partial charge in [0.15, 0.2) is 17.3 Å². The number of aromatic amines is 1. The van der Waals surface area contributed by atoms with Crippen LogP contribution in [0.5, 0.6) is 28.7 Å². The summed E-state index contributed by atoms with van der Waals surface area (Å²) in [6.07, 6.45) is 5.40. The fraction of sp³-hybridized carbons (Fsp3) is 0.234. The number of para-hydroxylation sites is 1. The van der Waals surface area contributed by atoms with Gasteiger partial charge in [0.05, 0.1) is 51.2 Å². The number of fused-ring (bicyclic) bond motifs is 2. The number of hydrogen-bond donors (Lipinski definition) is 3. The molecule has 0 aliphatic carbocycles. The largest absolute Gasteiger partial charge is 0.494 e. The Morgan fingerprint density at radius 2 is 1.58 bits per heavy atom. The number of benzene rings is 4. The van der Waals surface area contributed by atoms with Crippen molar-refractivity contribution < 1.29 is 33.3 Å². The Labute approximate surface area is 359 Å². The van der Waals surface area contributed by atoms with Crippen molar-refractivity contribution in [1.29, 1.82) is 0 Å². The number of amides is 1. The lowest BCUT2D eigenvalue weighted by Gasteiger charge is -2.26. The van der Waals surface area contributed by atoms with Crippen LogP contribution in [0.3, 0.4) is 0 Å². The molecule has 0 saturated carbocycles. The summed E-state index contributed by atoms with van der Waals surface area (Å²) in [6, 6.07) is 22.2. The smallest absolute Gasteiger partial charge is 0.254 e. The maximum Gasteiger partial charge on any atom is 0.254 e. The van der Waals surface area contributed by atoms with E-state index in [1.807, 2.05) is 57.4 Å². The van der Waals surface area contributed by atoms with Gasteiger partial charge in [-0.2, -0.15) is 0 Å². The van der Waals surface area contributed by atoms with Crippen molar-refractivity contribution in [2.45, 2.75) is 0 Å². The molecule has 3 N–H and O–H groups in total. The van der Waals surface area contributed by atoms with Gasteiger partial charge in [-0.05, 0) is 56.6 Å². The zero-order valence-electron chi connectivity index (χ0n) is 36.1. The fourth-order valence-electron chi connectivity index (χ4n) is 7.15. The fourth-order valence-corrected chi connectivity index (χ4v) is 7.15. The number of aryl methyl sites for hydroxylation is 1. The van der Waals surface area contributed by atoms with Gasteiger partial charge in [0.1, 0.15) is 18.1 Å². The van der Waals surface area contributed by atoms with Gasteiger partial charge >= 0.3 is 0 Å². The van der Waals surface area contributed by atoms with Crippen LogP contribution in [0.2, 0.25) is 0 Å². The van der Waals surface area contributed by atoms with E-state index in [4.69, 9.17) is 28.7 Å². The molecule has 0 aliphatic rings. The van der Waals surface area contributed by atoms with Crippen LogP contribution in [0.25, 0.3) is 33.1 Å². The Morgan fingerprint density at radius 3 is 2.29 bits per heavy atom. The number of rotatable bonds is 18. The standard InChI is InChI=1S/C47H50N8O7/c1-28(27-62-30-14-15-31-33(25-49-36(31)22-30)44(56)29-20-42(59-7)45(61-9)43(21-29)60-8)46(57)50-37-23-38(41(58-6)24-40(37)54(4)19-18-53(2)3)52-47-48-17-16-35(51-47)34-26-55(5)39-13-11-10-12-32(34)39/h10-17,20-26,49H,1,18-19,27H2,2-9H3,(H,50,57)(H,48,51,52). The van der Waals surface area contributed by atoms with Crippen LogP contribution < -0.4 is 39.2 Å². The number of anilines is 4. The molecule has 7 aromatic rings. The van der Waals surface area contributed by atoms with E-state index in [0.29, 0.717) is 74.6 Å². The summed E-state index contributed by atoms with van der Waals surface area (Å²) in [6.45, 7) is 5.39. The first-order valence-electron chi connectivity index (χ1n) is 19.7. The molecule has 7 rings (SSSR count). The SMILES string of the molecule is C=C(COc1ccc2c(C(=O)c3cc(OC)c(OC)c(OC)c3)c[nH]c2c1)C(=O)Nc1cc(Nc2nccc(-c3cn(C)c4ccccc34)n2)c(OC)cc1N(C)CCN(C)C. The van der Waals surface area contributed by atoms with Gasteiger partial charge in [0.2, 0.25) is 11.7 Å². The number of nitrogens with one attached hydrogen (secondary N) is 3. The lowest BCUT2D eigenvalue weighted by molar-refractivity contribution is -0.113. The zero-order chi connectivity index (χ0) is 44.1. The second-order valence-electron chi connectivity index (χ2n) is 14.9. The van der Waals surface area contributed by atoms with Crippen molar-refractivity contribution in [3.8, 4) is 40.0 Å². The molecule has 0 radical (unpaired) electrons. The molecule has 1 amide bonds. The highest BCUT2D eigenvalue weighted by Crippen LogP contribution is 2.40. The van der Waals surface area contributed by atoms with Crippen LogP contribution in [0.15, 0.2) is 104 Å². The summed E-state index contributed by atoms with van der Waals surface area (Å²) >= 11 is 0. The minimum atomic E-state index is -0.434. The minimum Gasteiger partial charge on any atom is -0.494 e. The van der Waals surface area contributed by atoms with Crippen LogP contribution in [-0.2, 0) is 11.8 Å². The van der Waals surface area contributed by atoms with Crippen molar-refractivity contribution in [3.05, 3.63) is 115 Å². The molecule has 0 atom stereocenters. The van der Waals surface area contributed by atoms with Crippen molar-refractivity contribution >= 4 is 56.5 Å². The summed E-state index contributed by atoms with van der Waals surface area (Å²) in [5, 5.41) is 8.14. The molecule has 0 bridgehead atoms. The van der Waals surface area contributed by atoms with Crippen LogP contribution in [0, 0.1) is 0 Å². The normalized spacial score (nSPS) is 11.1. The van der Waals surface area contributed by atoms with E-state index in [2.05, 4.69) is 55.0 Å². The number of carbonyl (C=O) groups excluding carboxylic acids is 2. The highest BCUT2D eigenvalue weighted by atomic mass is 16.5. The lowest BCUT2D eigenvalue weighted by Crippen LogP contribution is -2.29. The molecular formula is C47H50N8O7. The van der Waals surface area contributed by atoms with E-state index in [1.165, 1.54) is 21.3 Å². The number of carbonyl (C=O) groups is 2. The third-order valence-electron chi connectivity index (χ3n) is 10.5. The first-order valence-corrected chi connectivity index (χ1v) is 19.7. The van der Waals surface area contributed by atoms with Crippen molar-refractivity contribution in [1.82, 2.24) is 24.4 Å². The molecule has 320 valence electrons. The first kappa shape index (κ1) is 42.6. The predicted octanol–water partition coefficient (Wildman–Crippen LogP) is 7.70. The second kappa shape index (κ2) is 18.4. The van der Waals surface area contributed by atoms with Gasteiger partial charge < -0.3 is 53.7 Å². The monoisotopic (exact) mass is 838 g/mol. The molecular weight excluding hydrogens is 789 g/mol. The van der Waals surface area contributed by atoms with Crippen molar-refractivity contribution in [3.63, 3.8) is 0 Å². The molecule has 4 aromatic carbocycles. The second-order valence-corrected chi connectivity index (χ2v) is 14.9. The number of H-pyrrole nitrogens is 1. The van der Waals surface area contributed by atoms with Gasteiger partial charge in [0.25, 0.3) is 5.91 Å². The summed E-state index contributed by atoms with van der Waals surface area (Å²) in [7, 11) is 14.1. The van der Waals surface area contributed by atoms with E-state index in [1.54, 1.807) is 55.9 Å². The van der Waals surface area contributed by atoms with Crippen LogP contribution in [0.1, 0.15) is 15.9 Å². The summed E-state index contributed by atoms with van der Waals surface area (Å²) in [5.74, 6) is 1.84. The molecule has 0 spiro atoms. The summed E-state index contributed by atoms with van der Waals surface area (Å²) in [4.78, 5) is 44.2. The van der Waals surface area contributed by atoms with Crippen LogP contribution >= 0.6 is 0 Å². The van der Waals surface area contributed by atoms with E-state index < -0.39 is 5.91 Å². The van der Waals surface area contributed by atoms with Crippen LogP contribution in [0.4, 0.5) is 23.0 Å². The molecule has 0 fully saturated rings. The van der Waals surface area contributed by atoms with Gasteiger partial charge in [-0.3, -0.25) is 9.59 Å². The molecule has 3 heterocycles. The Hall–Kier alpha value is -7.52. The number of likely N-dealkylation sites (N-methyl/N-ethyl adjacent to an activating group) is 2. The highest BCUT2D eigenvalue weighted by molar-refractivity contribution is 6.17. The summed E-state index contributed by atoms with van der Waals surface area (Å²) in [5.41, 5.74) is 6.30. The Morgan fingerprint density at radius 1 is 0.839 bits per heavy atom. The highest BCUT2D eigenvalue weighted by Gasteiger charge is 2.22. The summed E-state index contributed by atoms with van der Waals surface area (Å²) < 4.78 is 30.3. The number of ether oxygens (including phenoxy) is 5. The van der Waals surface area contributed by atoms with E-state index in [0.717, 1.165) is 34.4 Å². The third kappa shape index (κ3) is 8.83. The van der Waals surface area contributed by atoms with Crippen molar-refractivity contribution in [2.75, 3.05) is 84.8 Å². The average molecular weight is 839 g/mol. The average Bonchev–Trinajstić information content (AvgIpc) is 3.87. The van der Waals surface area contributed by atoms with E-state index in [-0.39, 0.29) is 18.0 Å². The predicted molar refractivity (Wildman–Crippen MR) is 243 cm³/mol. The molecule has 15 heteroatoms. The topological polar surface area (TPSA) is 157 Å². The molecule has 3 aromatic heterocycles. The zero-order valence-corrected chi connectivity index (χ0v) is 36.1. The van der Waals surface area contributed by atoms with Crippen LogP contribution in [-0.4, -0.2) is 105 Å². The van der Waals surface area contributed by atoms with Gasteiger partial charge in [-0.15, -0.1) is 0 Å². The van der Waals surface area contributed by atoms with Gasteiger partial charge in [-0.1, -0.05) is 24.8 Å². The quantitative estimate of drug-likeness (QED) is 0.0573. The maximum atomic E-state index is 13.8. The Balaban J connectivity index is 1.09. The van der Waals surface area contributed by atoms with E-state index >= 15 is 0 Å². The molecule has 15 nitrogen and oxygen atoms in total. The Kier molecular flexibility index (Phi) is 12.6. The number of ketones is 1. The number of hydrogen-bond acceptors (Lipinski definition) is 12. The third-order valence-corrected chi connectivity index (χ3v) is 10.5. The van der Waals surface area contributed by atoms with E-state index in [9.17, 15) is 9.59 Å². The Bertz CT molecular complexity index is 2770. The van der Waals surface area contributed by atoms with Crippen molar-refractivity contribution in [2.24, 2.45) is 7.05 Å². The molecule has 0 unspecified atom stereocenters. The number of aromatic nitrogens is 4. The minimum absolute atomic E-state index is 0.100. The number of methoxy groups -OCH3 is 4. The lowest BCUT2D eigenvalue weighted by atomic mass is 10.0. The van der Waals surface area contributed by atoms with Gasteiger partial charge in [-0.25, -0.2) is 9.97 Å². The maximum absolute atomic E-state index is 13.8. The first-order chi connectivity index (χ1) is 29.9.